The molecule has 8 aromatic rings. The topological polar surface area (TPSA) is 23.8 Å². The summed E-state index contributed by atoms with van der Waals surface area (Å²) in [7, 11) is 0. The molecule has 0 bridgehead atoms. The van der Waals surface area contributed by atoms with Crippen LogP contribution in [0.1, 0.15) is 5.56 Å². The highest BCUT2D eigenvalue weighted by Crippen LogP contribution is 2.44. The van der Waals surface area contributed by atoms with Gasteiger partial charge in [-0.1, -0.05) is 91.0 Å². The van der Waals surface area contributed by atoms with Gasteiger partial charge in [0.25, 0.3) is 0 Å². The molecule has 0 aliphatic carbocycles. The second-order valence-electron chi connectivity index (χ2n) is 10.0. The number of rotatable bonds is 3. The number of hydrogen-bond acceptors (Lipinski definition) is 3. The Kier molecular flexibility index (Phi) is 5.31. The number of nitrogens with zero attached hydrogens (tertiary/aromatic N) is 1. The van der Waals surface area contributed by atoms with Crippen LogP contribution < -0.4 is 0 Å². The first-order chi connectivity index (χ1) is 19.8. The molecular formula is C37H21NS2. The first kappa shape index (κ1) is 23.2. The van der Waals surface area contributed by atoms with Gasteiger partial charge in [-0.2, -0.15) is 5.26 Å². The van der Waals surface area contributed by atoms with Gasteiger partial charge in [0.1, 0.15) is 6.07 Å². The van der Waals surface area contributed by atoms with E-state index in [0.29, 0.717) is 5.56 Å². The van der Waals surface area contributed by atoms with Crippen LogP contribution in [0.15, 0.2) is 127 Å². The number of nitriles is 1. The predicted molar refractivity (Wildman–Crippen MR) is 173 cm³/mol. The van der Waals surface area contributed by atoms with E-state index in [-0.39, 0.29) is 0 Å². The largest absolute Gasteiger partial charge is 0.192 e. The molecule has 0 unspecified atom stereocenters. The lowest BCUT2D eigenvalue weighted by molar-refractivity contribution is 1.47. The lowest BCUT2D eigenvalue weighted by Gasteiger charge is -2.17. The summed E-state index contributed by atoms with van der Waals surface area (Å²) in [5, 5.41) is 15.7. The third kappa shape index (κ3) is 3.58. The third-order valence-corrected chi connectivity index (χ3v) is 10.1. The molecule has 0 N–H and O–H groups in total. The van der Waals surface area contributed by atoms with E-state index in [4.69, 9.17) is 0 Å². The summed E-state index contributed by atoms with van der Waals surface area (Å²) < 4.78 is 5.11. The van der Waals surface area contributed by atoms with Gasteiger partial charge in [0.2, 0.25) is 0 Å². The average Bonchev–Trinajstić information content (AvgIpc) is 3.58. The minimum absolute atomic E-state index is 0.706. The first-order valence-corrected chi connectivity index (χ1v) is 14.9. The van der Waals surface area contributed by atoms with Gasteiger partial charge in [0.15, 0.2) is 0 Å². The van der Waals surface area contributed by atoms with E-state index < -0.39 is 0 Å². The van der Waals surface area contributed by atoms with E-state index in [1.54, 1.807) is 0 Å². The van der Waals surface area contributed by atoms with Crippen LogP contribution in [0.2, 0.25) is 0 Å². The zero-order chi connectivity index (χ0) is 26.6. The Morgan fingerprint density at radius 1 is 0.425 bits per heavy atom. The highest BCUT2D eigenvalue weighted by atomic mass is 32.1. The molecule has 2 heterocycles. The van der Waals surface area contributed by atoms with Crippen molar-refractivity contribution in [3.63, 3.8) is 0 Å². The van der Waals surface area contributed by atoms with Crippen LogP contribution >= 0.6 is 22.7 Å². The van der Waals surface area contributed by atoms with Crippen LogP contribution in [0.3, 0.4) is 0 Å². The summed E-state index contributed by atoms with van der Waals surface area (Å²) in [5.74, 6) is 0. The van der Waals surface area contributed by atoms with Crippen molar-refractivity contribution in [1.29, 1.82) is 5.26 Å². The van der Waals surface area contributed by atoms with Crippen LogP contribution in [-0.2, 0) is 0 Å². The Morgan fingerprint density at radius 3 is 1.60 bits per heavy atom. The first-order valence-electron chi connectivity index (χ1n) is 13.2. The Morgan fingerprint density at radius 2 is 0.950 bits per heavy atom. The van der Waals surface area contributed by atoms with Crippen LogP contribution in [0.5, 0.6) is 0 Å². The summed E-state index contributed by atoms with van der Waals surface area (Å²) in [4.78, 5) is 0. The molecule has 6 aromatic carbocycles. The number of benzene rings is 6. The van der Waals surface area contributed by atoms with E-state index in [9.17, 15) is 5.26 Å². The van der Waals surface area contributed by atoms with Crippen molar-refractivity contribution < 1.29 is 0 Å². The quantitative estimate of drug-likeness (QED) is 0.217. The molecule has 2 aromatic heterocycles. The minimum atomic E-state index is 0.706. The van der Waals surface area contributed by atoms with E-state index in [2.05, 4.69) is 115 Å². The number of thiophene rings is 2. The van der Waals surface area contributed by atoms with Crippen LogP contribution in [-0.4, -0.2) is 0 Å². The fourth-order valence-electron chi connectivity index (χ4n) is 5.89. The highest BCUT2D eigenvalue weighted by molar-refractivity contribution is 7.26. The molecular weight excluding hydrogens is 523 g/mol. The molecule has 8 rings (SSSR count). The second-order valence-corrected chi connectivity index (χ2v) is 12.2. The van der Waals surface area contributed by atoms with E-state index >= 15 is 0 Å². The minimum Gasteiger partial charge on any atom is -0.192 e. The zero-order valence-electron chi connectivity index (χ0n) is 21.4. The Hall–Kier alpha value is -4.75. The Labute approximate surface area is 239 Å². The van der Waals surface area contributed by atoms with E-state index in [0.717, 1.165) is 33.4 Å². The monoisotopic (exact) mass is 543 g/mol. The van der Waals surface area contributed by atoms with Gasteiger partial charge in [-0.25, -0.2) is 0 Å². The fourth-order valence-corrected chi connectivity index (χ4v) is 8.07. The van der Waals surface area contributed by atoms with Crippen LogP contribution in [0.4, 0.5) is 0 Å². The van der Waals surface area contributed by atoms with Crippen molar-refractivity contribution in [2.24, 2.45) is 0 Å². The Balaban J connectivity index is 1.44. The lowest BCUT2D eigenvalue weighted by Crippen LogP contribution is -1.94. The summed E-state index contributed by atoms with van der Waals surface area (Å²) >= 11 is 3.64. The molecule has 0 aliphatic heterocycles. The molecule has 0 saturated heterocycles. The van der Waals surface area contributed by atoms with Gasteiger partial charge < -0.3 is 0 Å². The van der Waals surface area contributed by atoms with Crippen molar-refractivity contribution in [3.05, 3.63) is 133 Å². The molecule has 3 heteroatoms. The van der Waals surface area contributed by atoms with Crippen LogP contribution in [0, 0.1) is 11.3 Å². The maximum Gasteiger partial charge on any atom is 0.100 e. The highest BCUT2D eigenvalue weighted by Gasteiger charge is 2.19. The molecule has 186 valence electrons. The summed E-state index contributed by atoms with van der Waals surface area (Å²) in [6.07, 6.45) is 0. The zero-order valence-corrected chi connectivity index (χ0v) is 23.0. The van der Waals surface area contributed by atoms with Crippen molar-refractivity contribution in [2.45, 2.75) is 0 Å². The smallest absolute Gasteiger partial charge is 0.100 e. The standard InChI is InChI=1S/C37H21NS2/c38-22-32-26(23-8-2-1-3-9-23)16-17-27(24-14-18-35-30(20-24)28-10-4-6-12-33(28)39-35)37(32)25-15-19-36-31(21-25)29-11-5-7-13-34(29)40-36/h1-21H. The molecule has 0 fully saturated rings. The summed E-state index contributed by atoms with van der Waals surface area (Å²) in [5.41, 5.74) is 6.96. The average molecular weight is 544 g/mol. The fraction of sp³-hybridized carbons (Fsp3) is 0. The molecule has 0 radical (unpaired) electrons. The van der Waals surface area contributed by atoms with Crippen molar-refractivity contribution in [3.8, 4) is 39.4 Å². The molecule has 0 atom stereocenters. The van der Waals surface area contributed by atoms with Crippen molar-refractivity contribution in [1.82, 2.24) is 0 Å². The van der Waals surface area contributed by atoms with Gasteiger partial charge in [-0.05, 0) is 58.7 Å². The number of hydrogen-bond donors (Lipinski definition) is 0. The summed E-state index contributed by atoms with van der Waals surface area (Å²) in [6.45, 7) is 0. The maximum absolute atomic E-state index is 10.7. The normalized spacial score (nSPS) is 11.5. The maximum atomic E-state index is 10.7. The lowest BCUT2D eigenvalue weighted by atomic mass is 9.85. The molecule has 1 nitrogen and oxygen atoms in total. The predicted octanol–water partition coefficient (Wildman–Crippen LogP) is 11.3. The van der Waals surface area contributed by atoms with Gasteiger partial charge in [-0.15, -0.1) is 22.7 Å². The Bertz CT molecular complexity index is 2280. The second kappa shape index (κ2) is 9.17. The molecule has 0 amide bonds. The molecule has 40 heavy (non-hydrogen) atoms. The molecule has 0 spiro atoms. The van der Waals surface area contributed by atoms with Gasteiger partial charge in [0.05, 0.1) is 5.56 Å². The molecule has 0 aliphatic rings. The van der Waals surface area contributed by atoms with Gasteiger partial charge >= 0.3 is 0 Å². The van der Waals surface area contributed by atoms with Crippen molar-refractivity contribution in [2.75, 3.05) is 0 Å². The molecule has 0 saturated carbocycles. The SMILES string of the molecule is N#Cc1c(-c2ccccc2)ccc(-c2ccc3sc4ccccc4c3c2)c1-c1ccc2sc3ccccc3c2c1. The third-order valence-electron chi connectivity index (χ3n) is 7.76. The van der Waals surface area contributed by atoms with E-state index in [1.165, 1.54) is 40.3 Å². The summed E-state index contributed by atoms with van der Waals surface area (Å²) in [6, 6.07) is 47.8. The van der Waals surface area contributed by atoms with Gasteiger partial charge in [0, 0.05) is 51.5 Å². The van der Waals surface area contributed by atoms with E-state index in [1.807, 2.05) is 40.9 Å². The van der Waals surface area contributed by atoms with Gasteiger partial charge in [-0.3, -0.25) is 0 Å². The number of fused-ring (bicyclic) bond motifs is 6. The van der Waals surface area contributed by atoms with Crippen LogP contribution in [0.25, 0.3) is 73.7 Å². The van der Waals surface area contributed by atoms with Crippen molar-refractivity contribution >= 4 is 63.0 Å².